The Balaban J connectivity index is 1.52. The van der Waals surface area contributed by atoms with Crippen molar-refractivity contribution in [1.29, 1.82) is 0 Å². The molecule has 30 heavy (non-hydrogen) atoms. The Morgan fingerprint density at radius 1 is 1.33 bits per heavy atom. The number of esters is 1. The number of rotatable bonds is 3. The van der Waals surface area contributed by atoms with Crippen LogP contribution < -0.4 is 0 Å². The Morgan fingerprint density at radius 3 is 2.77 bits per heavy atom. The van der Waals surface area contributed by atoms with Crippen LogP contribution in [0.4, 0.5) is 4.39 Å². The van der Waals surface area contributed by atoms with Gasteiger partial charge in [0.1, 0.15) is 17.4 Å². The molecule has 0 radical (unpaired) electrons. The monoisotopic (exact) mass is 418 g/mol. The van der Waals surface area contributed by atoms with Gasteiger partial charge in [-0.1, -0.05) is 13.0 Å². The van der Waals surface area contributed by atoms with E-state index in [4.69, 9.17) is 9.47 Å². The number of allylic oxidation sites excluding steroid dienone is 2. The summed E-state index contributed by atoms with van der Waals surface area (Å²) in [5, 5.41) is 11.5. The molecule has 1 aliphatic heterocycles. The number of epoxide rings is 1. The summed E-state index contributed by atoms with van der Waals surface area (Å²) in [6.07, 6.45) is 4.73. The molecule has 162 valence electrons. The van der Waals surface area contributed by atoms with Crippen LogP contribution in [0.15, 0.2) is 23.8 Å². The minimum Gasteiger partial charge on any atom is -0.458 e. The predicted octanol–water partition coefficient (Wildman–Crippen LogP) is 2.24. The van der Waals surface area contributed by atoms with E-state index in [-0.39, 0.29) is 36.6 Å². The molecule has 4 fully saturated rings. The van der Waals surface area contributed by atoms with Gasteiger partial charge >= 0.3 is 5.97 Å². The average Bonchev–Trinajstić information content (AvgIpc) is 3.34. The fourth-order valence-electron chi connectivity index (χ4n) is 7.39. The lowest BCUT2D eigenvalue weighted by Crippen LogP contribution is -2.62. The van der Waals surface area contributed by atoms with E-state index in [2.05, 4.69) is 0 Å². The lowest BCUT2D eigenvalue weighted by Gasteiger charge is -2.56. The molecule has 0 bridgehead atoms. The van der Waals surface area contributed by atoms with Crippen LogP contribution in [0.2, 0.25) is 0 Å². The zero-order valence-corrected chi connectivity index (χ0v) is 17.4. The zero-order valence-electron chi connectivity index (χ0n) is 17.4. The van der Waals surface area contributed by atoms with Gasteiger partial charge in [-0.2, -0.15) is 0 Å². The normalized spacial score (nSPS) is 50.6. The van der Waals surface area contributed by atoms with Gasteiger partial charge in [-0.15, -0.1) is 0 Å². The van der Waals surface area contributed by atoms with Gasteiger partial charge in [0.25, 0.3) is 0 Å². The van der Waals surface area contributed by atoms with Crippen LogP contribution in [0.25, 0.3) is 0 Å². The van der Waals surface area contributed by atoms with Crippen LogP contribution in [0.5, 0.6) is 0 Å². The standard InChI is InChI=1S/C23H27FO6/c1-12(25)29-11-18(27)22(28)7-5-14-15-9-17(24)16-8-13(26)4-6-20(16,2)23(15)19(30-23)10-21(14,22)3/h4,6,8,14-15,17,19,28H,5,7,9-11H2,1-3H3/t14?,15?,17-,19+,20-,21-,22-,23+/m0/s1. The highest BCUT2D eigenvalue weighted by Crippen LogP contribution is 2.76. The summed E-state index contributed by atoms with van der Waals surface area (Å²) in [7, 11) is 0. The molecule has 3 saturated carbocycles. The van der Waals surface area contributed by atoms with Gasteiger partial charge in [-0.05, 0) is 62.2 Å². The molecule has 2 unspecified atom stereocenters. The Hall–Kier alpha value is -1.86. The van der Waals surface area contributed by atoms with Crippen LogP contribution in [-0.4, -0.2) is 52.7 Å². The molecule has 4 aliphatic carbocycles. The fourth-order valence-corrected chi connectivity index (χ4v) is 7.39. The summed E-state index contributed by atoms with van der Waals surface area (Å²) in [6.45, 7) is 4.59. The van der Waals surface area contributed by atoms with Crippen LogP contribution in [0.3, 0.4) is 0 Å². The Morgan fingerprint density at radius 2 is 2.07 bits per heavy atom. The van der Waals surface area contributed by atoms with Crippen molar-refractivity contribution in [3.05, 3.63) is 23.8 Å². The molecule has 0 aromatic rings. The lowest BCUT2D eigenvalue weighted by molar-refractivity contribution is -0.166. The molecule has 7 heteroatoms. The smallest absolute Gasteiger partial charge is 0.303 e. The van der Waals surface area contributed by atoms with E-state index in [0.717, 1.165) is 0 Å². The molecule has 1 saturated heterocycles. The maximum absolute atomic E-state index is 15.3. The van der Waals surface area contributed by atoms with Gasteiger partial charge in [0.2, 0.25) is 5.78 Å². The molecule has 1 heterocycles. The van der Waals surface area contributed by atoms with Crippen molar-refractivity contribution < 1.29 is 33.4 Å². The molecule has 1 N–H and O–H groups in total. The summed E-state index contributed by atoms with van der Waals surface area (Å²) in [4.78, 5) is 36.0. The lowest BCUT2D eigenvalue weighted by atomic mass is 9.46. The van der Waals surface area contributed by atoms with Crippen LogP contribution in [0, 0.1) is 22.7 Å². The summed E-state index contributed by atoms with van der Waals surface area (Å²) >= 11 is 0. The van der Waals surface area contributed by atoms with Gasteiger partial charge in [-0.25, -0.2) is 4.39 Å². The second kappa shape index (κ2) is 5.88. The number of ketones is 2. The Labute approximate surface area is 174 Å². The minimum atomic E-state index is -1.63. The molecule has 5 aliphatic rings. The number of hydrogen-bond donors (Lipinski definition) is 1. The number of alkyl halides is 1. The first-order valence-electron chi connectivity index (χ1n) is 10.7. The zero-order chi connectivity index (χ0) is 21.7. The number of ether oxygens (including phenoxy) is 2. The van der Waals surface area contributed by atoms with E-state index in [1.807, 2.05) is 13.8 Å². The molecular weight excluding hydrogens is 391 g/mol. The maximum atomic E-state index is 15.3. The maximum Gasteiger partial charge on any atom is 0.303 e. The number of Topliss-reactive ketones (excluding diaryl/α,β-unsaturated/α-hetero) is 1. The average molecular weight is 418 g/mol. The summed E-state index contributed by atoms with van der Waals surface area (Å²) < 4.78 is 26.5. The van der Waals surface area contributed by atoms with E-state index in [9.17, 15) is 19.5 Å². The third kappa shape index (κ3) is 2.18. The van der Waals surface area contributed by atoms with E-state index in [0.29, 0.717) is 18.4 Å². The molecule has 6 nitrogen and oxygen atoms in total. The summed E-state index contributed by atoms with van der Waals surface area (Å²) in [5.74, 6) is -1.56. The van der Waals surface area contributed by atoms with Crippen molar-refractivity contribution >= 4 is 17.5 Å². The first-order valence-corrected chi connectivity index (χ1v) is 10.7. The quantitative estimate of drug-likeness (QED) is 0.558. The van der Waals surface area contributed by atoms with Crippen molar-refractivity contribution in [3.63, 3.8) is 0 Å². The van der Waals surface area contributed by atoms with Crippen molar-refractivity contribution in [2.24, 2.45) is 22.7 Å². The molecule has 5 rings (SSSR count). The molecule has 0 aromatic carbocycles. The topological polar surface area (TPSA) is 93.2 Å². The number of aliphatic hydroxyl groups is 1. The molecule has 8 atom stereocenters. The second-order valence-electron chi connectivity index (χ2n) is 10.1. The van der Waals surface area contributed by atoms with E-state index in [1.54, 1.807) is 6.08 Å². The third-order valence-electron chi connectivity index (χ3n) is 8.94. The molecule has 1 spiro atoms. The van der Waals surface area contributed by atoms with Gasteiger partial charge < -0.3 is 14.6 Å². The Kier molecular flexibility index (Phi) is 3.94. The van der Waals surface area contributed by atoms with Crippen molar-refractivity contribution in [2.45, 2.75) is 69.9 Å². The van der Waals surface area contributed by atoms with Gasteiger partial charge in [0.05, 0.1) is 6.10 Å². The number of halogens is 1. The van der Waals surface area contributed by atoms with E-state index >= 15 is 4.39 Å². The van der Waals surface area contributed by atoms with Gasteiger partial charge in [-0.3, -0.25) is 14.4 Å². The van der Waals surface area contributed by atoms with Crippen molar-refractivity contribution in [1.82, 2.24) is 0 Å². The highest BCUT2D eigenvalue weighted by molar-refractivity contribution is 6.01. The molecule has 0 amide bonds. The molecule has 0 aromatic heterocycles. The van der Waals surface area contributed by atoms with E-state index in [1.165, 1.54) is 19.1 Å². The van der Waals surface area contributed by atoms with Gasteiger partial charge in [0, 0.05) is 17.8 Å². The SMILES string of the molecule is CC(=O)OCC(=O)[C@@]1(O)CCC2C3C[C@H](F)C4=CC(=O)C=C[C@]4(C)[C@@]34O[C@@H]4C[C@@]21C. The highest BCUT2D eigenvalue weighted by atomic mass is 19.1. The molecular formula is C23H27FO6. The van der Waals surface area contributed by atoms with Crippen molar-refractivity contribution in [2.75, 3.05) is 6.61 Å². The van der Waals surface area contributed by atoms with Gasteiger partial charge in [0.15, 0.2) is 12.4 Å². The summed E-state index contributed by atoms with van der Waals surface area (Å²) in [6, 6.07) is 0. The minimum absolute atomic E-state index is 0.106. The number of fused-ring (bicyclic) bond motifs is 3. The number of hydrogen-bond acceptors (Lipinski definition) is 6. The fraction of sp³-hybridized carbons (Fsp3) is 0.696. The Bertz CT molecular complexity index is 925. The highest BCUT2D eigenvalue weighted by Gasteiger charge is 2.82. The first-order chi connectivity index (χ1) is 14.0. The van der Waals surface area contributed by atoms with Crippen molar-refractivity contribution in [3.8, 4) is 0 Å². The summed E-state index contributed by atoms with van der Waals surface area (Å²) in [5.41, 5.74) is -3.25. The first kappa shape index (κ1) is 20.1. The van der Waals surface area contributed by atoms with Crippen LogP contribution >= 0.6 is 0 Å². The van der Waals surface area contributed by atoms with E-state index < -0.39 is 46.6 Å². The number of carbonyl (C=O) groups is 3. The van der Waals surface area contributed by atoms with Crippen LogP contribution in [-0.2, 0) is 23.9 Å². The number of carbonyl (C=O) groups excluding carboxylic acids is 3. The third-order valence-corrected chi connectivity index (χ3v) is 8.94. The van der Waals surface area contributed by atoms with Crippen LogP contribution in [0.1, 0.15) is 46.5 Å². The second-order valence-corrected chi connectivity index (χ2v) is 10.1. The predicted molar refractivity (Wildman–Crippen MR) is 103 cm³/mol. The largest absolute Gasteiger partial charge is 0.458 e.